The predicted octanol–water partition coefficient (Wildman–Crippen LogP) is 1.86. The van der Waals surface area contributed by atoms with Crippen LogP contribution in [0, 0.1) is 0 Å². The normalized spacial score (nSPS) is 13.9. The van der Waals surface area contributed by atoms with Crippen molar-refractivity contribution in [2.75, 3.05) is 56.3 Å². The number of ether oxygens (including phenoxy) is 1. The van der Waals surface area contributed by atoms with E-state index in [2.05, 4.69) is 30.2 Å². The van der Waals surface area contributed by atoms with Crippen molar-refractivity contribution in [2.24, 2.45) is 0 Å². The molecule has 0 atom stereocenters. The third kappa shape index (κ3) is 4.47. The molecule has 10 nitrogen and oxygen atoms in total. The average molecular weight is 427 g/mol. The van der Waals surface area contributed by atoms with Gasteiger partial charge in [-0.2, -0.15) is 15.0 Å². The zero-order chi connectivity index (χ0) is 21.1. The fourth-order valence-electron chi connectivity index (χ4n) is 2.94. The highest BCUT2D eigenvalue weighted by atomic mass is 32.1. The molecule has 0 unspecified atom stereocenters. The molecule has 0 bridgehead atoms. The van der Waals surface area contributed by atoms with Gasteiger partial charge in [-0.25, -0.2) is 4.98 Å². The highest BCUT2D eigenvalue weighted by Crippen LogP contribution is 2.27. The number of rotatable bonds is 5. The Kier molecular flexibility index (Phi) is 5.72. The standard InChI is InChI=1S/C19H22N8O2S/c1-26(2)16(28)12-4-3-5-13(10-12)22-18-23-15(14-11-21-17(20)30-14)24-19(25-18)27-6-8-29-9-7-27/h3-5,10-11H,6-9H2,1-2H3,(H2,20,21)(H,22,23,24,25). The quantitative estimate of drug-likeness (QED) is 0.629. The minimum Gasteiger partial charge on any atom is -0.378 e. The third-order valence-electron chi connectivity index (χ3n) is 4.43. The largest absolute Gasteiger partial charge is 0.378 e. The Morgan fingerprint density at radius 2 is 2.03 bits per heavy atom. The van der Waals surface area contributed by atoms with Crippen molar-refractivity contribution in [3.05, 3.63) is 36.0 Å². The SMILES string of the molecule is CN(C)C(=O)c1cccc(Nc2nc(-c3cnc(N)s3)nc(N3CCOCC3)n2)c1. The van der Waals surface area contributed by atoms with Gasteiger partial charge in [0, 0.05) is 38.4 Å². The van der Waals surface area contributed by atoms with Gasteiger partial charge in [0.2, 0.25) is 11.9 Å². The van der Waals surface area contributed by atoms with Gasteiger partial charge in [0.05, 0.1) is 24.3 Å². The van der Waals surface area contributed by atoms with Crippen molar-refractivity contribution in [3.8, 4) is 10.7 Å². The fraction of sp³-hybridized carbons (Fsp3) is 0.316. The smallest absolute Gasteiger partial charge is 0.253 e. The molecule has 4 rings (SSSR count). The van der Waals surface area contributed by atoms with Crippen molar-refractivity contribution in [1.29, 1.82) is 0 Å². The summed E-state index contributed by atoms with van der Waals surface area (Å²) in [5, 5.41) is 3.64. The summed E-state index contributed by atoms with van der Waals surface area (Å²) < 4.78 is 5.43. The number of nitrogens with two attached hydrogens (primary N) is 1. The minimum atomic E-state index is -0.0795. The summed E-state index contributed by atoms with van der Waals surface area (Å²) in [7, 11) is 3.44. The van der Waals surface area contributed by atoms with E-state index in [9.17, 15) is 4.79 Å². The summed E-state index contributed by atoms with van der Waals surface area (Å²) in [5.41, 5.74) is 7.06. The highest BCUT2D eigenvalue weighted by Gasteiger charge is 2.18. The topological polar surface area (TPSA) is 122 Å². The number of hydrogen-bond donors (Lipinski definition) is 2. The zero-order valence-corrected chi connectivity index (χ0v) is 17.5. The molecular weight excluding hydrogens is 404 g/mol. The zero-order valence-electron chi connectivity index (χ0n) is 16.7. The van der Waals surface area contributed by atoms with Crippen LogP contribution in [0.3, 0.4) is 0 Å². The Balaban J connectivity index is 1.68. The summed E-state index contributed by atoms with van der Waals surface area (Å²) in [4.78, 5) is 34.5. The molecule has 3 heterocycles. The van der Waals surface area contributed by atoms with Gasteiger partial charge in [0.25, 0.3) is 5.91 Å². The number of benzene rings is 1. The van der Waals surface area contributed by atoms with Crippen LogP contribution in [-0.4, -0.2) is 71.1 Å². The first-order valence-electron chi connectivity index (χ1n) is 9.39. The number of nitrogens with zero attached hydrogens (tertiary/aromatic N) is 6. The molecule has 0 spiro atoms. The van der Waals surface area contributed by atoms with Gasteiger partial charge in [-0.15, -0.1) is 0 Å². The van der Waals surface area contributed by atoms with Crippen molar-refractivity contribution in [3.63, 3.8) is 0 Å². The Bertz CT molecular complexity index is 1050. The van der Waals surface area contributed by atoms with E-state index in [0.717, 1.165) is 4.88 Å². The van der Waals surface area contributed by atoms with Gasteiger partial charge >= 0.3 is 0 Å². The molecule has 0 aliphatic carbocycles. The number of amides is 1. The van der Waals surface area contributed by atoms with E-state index in [1.807, 2.05) is 12.1 Å². The number of thiazole rings is 1. The van der Waals surface area contributed by atoms with Crippen LogP contribution in [-0.2, 0) is 4.74 Å². The van der Waals surface area contributed by atoms with Crippen LogP contribution < -0.4 is 16.0 Å². The average Bonchev–Trinajstić information content (AvgIpc) is 3.20. The number of carbonyl (C=O) groups excluding carboxylic acids is 1. The first-order valence-corrected chi connectivity index (χ1v) is 10.2. The molecule has 11 heteroatoms. The Morgan fingerprint density at radius 1 is 1.23 bits per heavy atom. The summed E-state index contributed by atoms with van der Waals surface area (Å²) in [5.74, 6) is 1.34. The molecule has 0 saturated carbocycles. The molecule has 1 aliphatic heterocycles. The van der Waals surface area contributed by atoms with Gasteiger partial charge in [-0.1, -0.05) is 17.4 Å². The molecular formula is C19H22N8O2S. The van der Waals surface area contributed by atoms with E-state index in [0.29, 0.717) is 60.4 Å². The molecule has 1 aromatic carbocycles. The lowest BCUT2D eigenvalue weighted by atomic mass is 10.2. The number of nitrogens with one attached hydrogen (secondary N) is 1. The molecule has 1 saturated heterocycles. The monoisotopic (exact) mass is 426 g/mol. The number of morpholine rings is 1. The molecule has 0 radical (unpaired) electrons. The second-order valence-electron chi connectivity index (χ2n) is 6.85. The molecule has 3 N–H and O–H groups in total. The predicted molar refractivity (Wildman–Crippen MR) is 116 cm³/mol. The molecule has 2 aromatic heterocycles. The molecule has 1 aliphatic rings. The van der Waals surface area contributed by atoms with Gasteiger partial charge < -0.3 is 25.6 Å². The van der Waals surface area contributed by atoms with E-state index in [1.54, 1.807) is 32.4 Å². The van der Waals surface area contributed by atoms with E-state index in [1.165, 1.54) is 16.2 Å². The van der Waals surface area contributed by atoms with Crippen molar-refractivity contribution in [1.82, 2.24) is 24.8 Å². The first kappa shape index (κ1) is 20.0. The molecule has 3 aromatic rings. The highest BCUT2D eigenvalue weighted by molar-refractivity contribution is 7.18. The lowest BCUT2D eigenvalue weighted by Gasteiger charge is -2.27. The van der Waals surface area contributed by atoms with Crippen LogP contribution in [0.25, 0.3) is 10.7 Å². The maximum Gasteiger partial charge on any atom is 0.253 e. The lowest BCUT2D eigenvalue weighted by molar-refractivity contribution is 0.0827. The van der Waals surface area contributed by atoms with Crippen LogP contribution in [0.4, 0.5) is 22.7 Å². The van der Waals surface area contributed by atoms with Crippen molar-refractivity contribution < 1.29 is 9.53 Å². The summed E-state index contributed by atoms with van der Waals surface area (Å²) in [6.45, 7) is 2.62. The van der Waals surface area contributed by atoms with Gasteiger partial charge in [-0.05, 0) is 18.2 Å². The Labute approximate surface area is 177 Å². The van der Waals surface area contributed by atoms with Crippen molar-refractivity contribution >= 4 is 40.0 Å². The Hall–Kier alpha value is -3.31. The minimum absolute atomic E-state index is 0.0795. The van der Waals surface area contributed by atoms with Gasteiger partial charge in [0.1, 0.15) is 0 Å². The number of carbonyl (C=O) groups is 1. The van der Waals surface area contributed by atoms with Gasteiger partial charge in [-0.3, -0.25) is 4.79 Å². The maximum atomic E-state index is 12.3. The summed E-state index contributed by atoms with van der Waals surface area (Å²) >= 11 is 1.31. The van der Waals surface area contributed by atoms with E-state index >= 15 is 0 Å². The number of aromatic nitrogens is 4. The van der Waals surface area contributed by atoms with E-state index in [-0.39, 0.29) is 5.91 Å². The second kappa shape index (κ2) is 8.59. The van der Waals surface area contributed by atoms with E-state index in [4.69, 9.17) is 10.5 Å². The second-order valence-corrected chi connectivity index (χ2v) is 7.91. The van der Waals surface area contributed by atoms with Crippen LogP contribution in [0.1, 0.15) is 10.4 Å². The third-order valence-corrected chi connectivity index (χ3v) is 5.26. The molecule has 156 valence electrons. The fourth-order valence-corrected chi connectivity index (χ4v) is 3.56. The summed E-state index contributed by atoms with van der Waals surface area (Å²) in [6, 6.07) is 7.21. The van der Waals surface area contributed by atoms with E-state index < -0.39 is 0 Å². The summed E-state index contributed by atoms with van der Waals surface area (Å²) in [6.07, 6.45) is 1.65. The maximum absolute atomic E-state index is 12.3. The van der Waals surface area contributed by atoms with Crippen LogP contribution in [0.15, 0.2) is 30.5 Å². The van der Waals surface area contributed by atoms with Crippen LogP contribution in [0.2, 0.25) is 0 Å². The molecule has 1 fully saturated rings. The molecule has 30 heavy (non-hydrogen) atoms. The van der Waals surface area contributed by atoms with Gasteiger partial charge in [0.15, 0.2) is 11.0 Å². The number of hydrogen-bond acceptors (Lipinski definition) is 10. The Morgan fingerprint density at radius 3 is 2.73 bits per heavy atom. The number of anilines is 4. The van der Waals surface area contributed by atoms with Crippen LogP contribution in [0.5, 0.6) is 0 Å². The first-order chi connectivity index (χ1) is 14.5. The number of nitrogen functional groups attached to an aromatic ring is 1. The lowest BCUT2D eigenvalue weighted by Crippen LogP contribution is -2.37. The molecule has 1 amide bonds. The van der Waals surface area contributed by atoms with Crippen LogP contribution >= 0.6 is 11.3 Å². The van der Waals surface area contributed by atoms with Crippen molar-refractivity contribution in [2.45, 2.75) is 0 Å².